The zero-order valence-electron chi connectivity index (χ0n) is 12.3. The molecule has 0 saturated heterocycles. The molecule has 1 aromatic heterocycles. The Morgan fingerprint density at radius 3 is 2.70 bits per heavy atom. The number of carbonyl (C=O) groups is 1. The van der Waals surface area contributed by atoms with E-state index in [0.29, 0.717) is 11.6 Å². The van der Waals surface area contributed by atoms with E-state index in [-0.39, 0.29) is 11.9 Å². The van der Waals surface area contributed by atoms with Gasteiger partial charge in [-0.1, -0.05) is 6.42 Å². The van der Waals surface area contributed by atoms with Crippen molar-refractivity contribution in [1.29, 1.82) is 0 Å². The number of hydrogen-bond donors (Lipinski definition) is 1. The van der Waals surface area contributed by atoms with E-state index in [1.165, 1.54) is 25.7 Å². The van der Waals surface area contributed by atoms with Crippen molar-refractivity contribution in [3.8, 4) is 0 Å². The average molecular weight is 340 g/mol. The number of aryl methyl sites for hydroxylation is 1. The Balaban J connectivity index is 1.68. The Morgan fingerprint density at radius 1 is 1.45 bits per heavy atom. The maximum atomic E-state index is 12.4. The molecule has 0 spiro atoms. The summed E-state index contributed by atoms with van der Waals surface area (Å²) < 4.78 is 2.54. The van der Waals surface area contributed by atoms with E-state index in [0.717, 1.165) is 22.0 Å². The molecule has 4 atom stereocenters. The van der Waals surface area contributed by atoms with Gasteiger partial charge in [-0.2, -0.15) is 5.10 Å². The molecule has 110 valence electrons. The fourth-order valence-corrected chi connectivity index (χ4v) is 4.53. The van der Waals surface area contributed by atoms with Crippen LogP contribution in [0.5, 0.6) is 0 Å². The number of rotatable bonds is 3. The van der Waals surface area contributed by atoms with Gasteiger partial charge in [-0.3, -0.25) is 9.48 Å². The van der Waals surface area contributed by atoms with Crippen LogP contribution in [0.4, 0.5) is 0 Å². The second-order valence-electron chi connectivity index (χ2n) is 6.47. The normalized spacial score (nSPS) is 29.7. The number of carbonyl (C=O) groups excluding carboxylic acids is 1. The Bertz CT molecular complexity index is 539. The molecule has 0 aliphatic heterocycles. The summed E-state index contributed by atoms with van der Waals surface area (Å²) in [6.45, 7) is 4.10. The molecule has 2 aliphatic carbocycles. The lowest BCUT2D eigenvalue weighted by molar-refractivity contribution is 0.0908. The molecule has 2 saturated carbocycles. The Kier molecular flexibility index (Phi) is 3.65. The predicted molar refractivity (Wildman–Crippen MR) is 81.5 cm³/mol. The highest BCUT2D eigenvalue weighted by Gasteiger charge is 2.42. The minimum atomic E-state index is -0.0594. The van der Waals surface area contributed by atoms with E-state index in [1.807, 2.05) is 14.0 Å². The number of fused-ring (bicyclic) bond motifs is 2. The number of amides is 1. The predicted octanol–water partition coefficient (Wildman–Crippen LogP) is 3.05. The first-order valence-electron chi connectivity index (χ1n) is 7.47. The largest absolute Gasteiger partial charge is 0.348 e. The van der Waals surface area contributed by atoms with Gasteiger partial charge in [-0.25, -0.2) is 0 Å². The monoisotopic (exact) mass is 339 g/mol. The third-order valence-corrected chi connectivity index (χ3v) is 6.22. The number of aromatic nitrogens is 2. The number of halogens is 1. The average Bonchev–Trinajstić information content (AvgIpc) is 3.10. The van der Waals surface area contributed by atoms with Gasteiger partial charge >= 0.3 is 0 Å². The molecule has 1 N–H and O–H groups in total. The van der Waals surface area contributed by atoms with Gasteiger partial charge < -0.3 is 5.32 Å². The smallest absolute Gasteiger partial charge is 0.273 e. The minimum absolute atomic E-state index is 0.0594. The van der Waals surface area contributed by atoms with E-state index in [9.17, 15) is 4.79 Å². The van der Waals surface area contributed by atoms with Crippen LogP contribution in [0.3, 0.4) is 0 Å². The Hall–Kier alpha value is -0.840. The van der Waals surface area contributed by atoms with Crippen LogP contribution in [-0.2, 0) is 7.05 Å². The zero-order chi connectivity index (χ0) is 14.4. The molecule has 1 amide bonds. The lowest BCUT2D eigenvalue weighted by atomic mass is 9.84. The highest BCUT2D eigenvalue weighted by molar-refractivity contribution is 9.10. The molecule has 4 nitrogen and oxygen atoms in total. The second kappa shape index (κ2) is 5.17. The fourth-order valence-electron chi connectivity index (χ4n) is 4.02. The topological polar surface area (TPSA) is 46.9 Å². The lowest BCUT2D eigenvalue weighted by Gasteiger charge is -2.28. The van der Waals surface area contributed by atoms with Crippen LogP contribution in [0.15, 0.2) is 4.47 Å². The van der Waals surface area contributed by atoms with Crippen LogP contribution in [0.25, 0.3) is 0 Å². The van der Waals surface area contributed by atoms with Crippen LogP contribution in [-0.4, -0.2) is 21.7 Å². The van der Waals surface area contributed by atoms with Gasteiger partial charge in [0.25, 0.3) is 5.91 Å². The van der Waals surface area contributed by atoms with Gasteiger partial charge in [0.1, 0.15) is 0 Å². The molecule has 1 aromatic rings. The summed E-state index contributed by atoms with van der Waals surface area (Å²) in [4.78, 5) is 12.4. The first-order chi connectivity index (χ1) is 9.47. The minimum Gasteiger partial charge on any atom is -0.348 e. The van der Waals surface area contributed by atoms with Crippen molar-refractivity contribution in [2.24, 2.45) is 24.8 Å². The van der Waals surface area contributed by atoms with Gasteiger partial charge in [0.05, 0.1) is 10.2 Å². The summed E-state index contributed by atoms with van der Waals surface area (Å²) in [5.74, 6) is 2.33. The van der Waals surface area contributed by atoms with Gasteiger partial charge in [0.15, 0.2) is 5.69 Å². The first-order valence-corrected chi connectivity index (χ1v) is 8.26. The van der Waals surface area contributed by atoms with Crippen molar-refractivity contribution < 1.29 is 4.79 Å². The molecule has 0 unspecified atom stereocenters. The van der Waals surface area contributed by atoms with Gasteiger partial charge in [0, 0.05) is 13.1 Å². The standard InChI is InChI=1S/C15H22BrN3O/c1-8(12-7-10-4-5-11(12)6-10)17-15(20)14-13(16)9(2)19(3)18-14/h8,10-12H,4-7H2,1-3H3,(H,17,20)/t8-,10-,11-,12-/m0/s1. The van der Waals surface area contributed by atoms with E-state index >= 15 is 0 Å². The van der Waals surface area contributed by atoms with Crippen LogP contribution in [0.2, 0.25) is 0 Å². The van der Waals surface area contributed by atoms with Crippen molar-refractivity contribution in [2.45, 2.75) is 45.6 Å². The first kappa shape index (κ1) is 14.1. The summed E-state index contributed by atoms with van der Waals surface area (Å²) in [6, 6.07) is 0.243. The summed E-state index contributed by atoms with van der Waals surface area (Å²) in [7, 11) is 1.86. The third kappa shape index (κ3) is 2.30. The highest BCUT2D eigenvalue weighted by atomic mass is 79.9. The molecule has 3 rings (SSSR count). The lowest BCUT2D eigenvalue weighted by Crippen LogP contribution is -2.40. The highest BCUT2D eigenvalue weighted by Crippen LogP contribution is 2.49. The van der Waals surface area contributed by atoms with E-state index in [1.54, 1.807) is 4.68 Å². The molecule has 20 heavy (non-hydrogen) atoms. The summed E-state index contributed by atoms with van der Waals surface area (Å²) in [6.07, 6.45) is 5.40. The zero-order valence-corrected chi connectivity index (χ0v) is 13.9. The van der Waals surface area contributed by atoms with Gasteiger partial charge in [-0.15, -0.1) is 0 Å². The molecule has 2 aliphatic rings. The molecule has 1 heterocycles. The van der Waals surface area contributed by atoms with E-state index < -0.39 is 0 Å². The molecular weight excluding hydrogens is 318 g/mol. The van der Waals surface area contributed by atoms with Crippen molar-refractivity contribution in [3.63, 3.8) is 0 Å². The van der Waals surface area contributed by atoms with Crippen molar-refractivity contribution >= 4 is 21.8 Å². The quantitative estimate of drug-likeness (QED) is 0.919. The number of nitrogens with zero attached hydrogens (tertiary/aromatic N) is 2. The summed E-state index contributed by atoms with van der Waals surface area (Å²) in [5, 5.41) is 7.45. The maximum Gasteiger partial charge on any atom is 0.273 e. The second-order valence-corrected chi connectivity index (χ2v) is 7.27. The van der Waals surface area contributed by atoms with Crippen LogP contribution in [0, 0.1) is 24.7 Å². The Morgan fingerprint density at radius 2 is 2.20 bits per heavy atom. The van der Waals surface area contributed by atoms with Crippen LogP contribution in [0.1, 0.15) is 48.8 Å². The molecule has 5 heteroatoms. The SMILES string of the molecule is Cc1c(Br)c(C(=O)N[C@@H](C)[C@@H]2C[C@H]3CC[C@H]2C3)nn1C. The van der Waals surface area contributed by atoms with Crippen molar-refractivity contribution in [2.75, 3.05) is 0 Å². The van der Waals surface area contributed by atoms with E-state index in [4.69, 9.17) is 0 Å². The van der Waals surface area contributed by atoms with Crippen molar-refractivity contribution in [1.82, 2.24) is 15.1 Å². The van der Waals surface area contributed by atoms with Crippen LogP contribution < -0.4 is 5.32 Å². The molecule has 0 aromatic carbocycles. The summed E-state index contributed by atoms with van der Waals surface area (Å²) in [5.41, 5.74) is 1.47. The number of hydrogen-bond acceptors (Lipinski definition) is 2. The number of nitrogens with one attached hydrogen (secondary N) is 1. The van der Waals surface area contributed by atoms with Crippen molar-refractivity contribution in [3.05, 3.63) is 15.9 Å². The summed E-state index contributed by atoms with van der Waals surface area (Å²) >= 11 is 3.46. The van der Waals surface area contributed by atoms with E-state index in [2.05, 4.69) is 33.3 Å². The Labute approximate surface area is 128 Å². The van der Waals surface area contributed by atoms with Gasteiger partial charge in [-0.05, 0) is 66.8 Å². The van der Waals surface area contributed by atoms with Gasteiger partial charge in [0.2, 0.25) is 0 Å². The molecular formula is C15H22BrN3O. The third-order valence-electron chi connectivity index (χ3n) is 5.27. The fraction of sp³-hybridized carbons (Fsp3) is 0.733. The molecule has 2 fully saturated rings. The molecule has 0 radical (unpaired) electrons. The van der Waals surface area contributed by atoms with Crippen LogP contribution >= 0.6 is 15.9 Å². The molecule has 2 bridgehead atoms. The maximum absolute atomic E-state index is 12.4.